The quantitative estimate of drug-likeness (QED) is 0.783. The van der Waals surface area contributed by atoms with Crippen LogP contribution in [0.5, 0.6) is 0 Å². The highest BCUT2D eigenvalue weighted by molar-refractivity contribution is 7.09. The summed E-state index contributed by atoms with van der Waals surface area (Å²) in [5, 5.41) is 4.74. The number of aromatic nitrogens is 2. The molecule has 72 valence electrons. The second-order valence-corrected chi connectivity index (χ2v) is 4.51. The number of hydrogen-bond acceptors (Lipinski definition) is 5. The minimum absolute atomic E-state index is 0.752. The molecule has 0 spiro atoms. The molecule has 0 amide bonds. The Hall–Kier alpha value is -0.680. The van der Waals surface area contributed by atoms with Gasteiger partial charge in [0.1, 0.15) is 10.7 Å². The van der Waals surface area contributed by atoms with Crippen molar-refractivity contribution in [3.63, 3.8) is 0 Å². The van der Waals surface area contributed by atoms with Gasteiger partial charge in [0.05, 0.1) is 0 Å². The van der Waals surface area contributed by atoms with Crippen molar-refractivity contribution in [2.75, 3.05) is 19.3 Å². The van der Waals surface area contributed by atoms with E-state index >= 15 is 0 Å². The van der Waals surface area contributed by atoms with Gasteiger partial charge >= 0.3 is 0 Å². The molecule has 1 aromatic heterocycles. The van der Waals surface area contributed by atoms with E-state index < -0.39 is 0 Å². The Kier molecular flexibility index (Phi) is 2.46. The first-order chi connectivity index (χ1) is 6.25. The Bertz CT molecular complexity index is 281. The van der Waals surface area contributed by atoms with Crippen molar-refractivity contribution in [3.8, 4) is 0 Å². The molecular formula is C8H14N4S. The average molecular weight is 198 g/mol. The molecule has 1 fully saturated rings. The van der Waals surface area contributed by atoms with Gasteiger partial charge in [-0.2, -0.15) is 0 Å². The van der Waals surface area contributed by atoms with Crippen LogP contribution in [0, 0.1) is 5.92 Å². The van der Waals surface area contributed by atoms with Crippen molar-refractivity contribution in [1.82, 2.24) is 14.5 Å². The van der Waals surface area contributed by atoms with Crippen molar-refractivity contribution >= 4 is 16.5 Å². The lowest BCUT2D eigenvalue weighted by molar-refractivity contribution is 0.310. The maximum atomic E-state index is 5.70. The van der Waals surface area contributed by atoms with Crippen molar-refractivity contribution in [1.29, 1.82) is 0 Å². The summed E-state index contributed by atoms with van der Waals surface area (Å²) in [4.78, 5) is 2.27. The van der Waals surface area contributed by atoms with Crippen molar-refractivity contribution in [2.45, 2.75) is 19.4 Å². The molecule has 0 saturated heterocycles. The van der Waals surface area contributed by atoms with Gasteiger partial charge in [0.2, 0.25) is 0 Å². The van der Waals surface area contributed by atoms with Gasteiger partial charge in [-0.05, 0) is 25.8 Å². The Balaban J connectivity index is 1.85. The number of nitrogens with zero attached hydrogens (tertiary/aromatic N) is 3. The van der Waals surface area contributed by atoms with Crippen LogP contribution in [-0.4, -0.2) is 28.1 Å². The third kappa shape index (κ3) is 2.38. The summed E-state index contributed by atoms with van der Waals surface area (Å²) in [5.41, 5.74) is 6.63. The third-order valence-corrected chi connectivity index (χ3v) is 2.87. The van der Waals surface area contributed by atoms with Crippen LogP contribution in [-0.2, 0) is 6.54 Å². The molecule has 2 rings (SSSR count). The molecule has 5 heteroatoms. The number of nitrogen functional groups attached to an aromatic ring is 1. The van der Waals surface area contributed by atoms with Gasteiger partial charge in [-0.15, -0.1) is 5.10 Å². The summed E-state index contributed by atoms with van der Waals surface area (Å²) in [6.07, 6.45) is 2.77. The lowest BCUT2D eigenvalue weighted by Gasteiger charge is -2.14. The van der Waals surface area contributed by atoms with Gasteiger partial charge in [-0.3, -0.25) is 0 Å². The zero-order chi connectivity index (χ0) is 9.26. The molecule has 4 nitrogen and oxygen atoms in total. The van der Waals surface area contributed by atoms with Gasteiger partial charge in [0.25, 0.3) is 0 Å². The van der Waals surface area contributed by atoms with Crippen molar-refractivity contribution < 1.29 is 0 Å². The molecule has 1 aliphatic carbocycles. The summed E-state index contributed by atoms with van der Waals surface area (Å²) < 4.78 is 3.81. The van der Waals surface area contributed by atoms with Gasteiger partial charge in [-0.1, -0.05) is 4.49 Å². The monoisotopic (exact) mass is 198 g/mol. The summed E-state index contributed by atoms with van der Waals surface area (Å²) in [5.74, 6) is 0.915. The van der Waals surface area contributed by atoms with Gasteiger partial charge in [-0.25, -0.2) is 0 Å². The fraction of sp³-hybridized carbons (Fsp3) is 0.750. The first-order valence-corrected chi connectivity index (χ1v) is 5.28. The topological polar surface area (TPSA) is 55.0 Å². The SMILES string of the molecule is CN(Cc1nnsc1N)CC1CC1. The predicted molar refractivity (Wildman–Crippen MR) is 53.4 cm³/mol. The number of hydrogen-bond donors (Lipinski definition) is 1. The fourth-order valence-electron chi connectivity index (χ4n) is 1.39. The Labute approximate surface area is 81.9 Å². The normalized spacial score (nSPS) is 16.8. The zero-order valence-corrected chi connectivity index (χ0v) is 8.55. The van der Waals surface area contributed by atoms with E-state index in [-0.39, 0.29) is 0 Å². The van der Waals surface area contributed by atoms with E-state index in [0.29, 0.717) is 0 Å². The zero-order valence-electron chi connectivity index (χ0n) is 7.73. The van der Waals surface area contributed by atoms with E-state index in [4.69, 9.17) is 5.73 Å². The first kappa shape index (κ1) is 8.90. The average Bonchev–Trinajstić information content (AvgIpc) is 2.79. The Morgan fingerprint density at radius 3 is 2.92 bits per heavy atom. The molecule has 1 heterocycles. The van der Waals surface area contributed by atoms with Crippen LogP contribution in [0.2, 0.25) is 0 Å². The van der Waals surface area contributed by atoms with Gasteiger partial charge < -0.3 is 10.6 Å². The maximum absolute atomic E-state index is 5.70. The highest BCUT2D eigenvalue weighted by Crippen LogP contribution is 2.29. The molecule has 1 aliphatic rings. The van der Waals surface area contributed by atoms with Crippen LogP contribution in [0.1, 0.15) is 18.5 Å². The molecule has 2 N–H and O–H groups in total. The molecule has 0 bridgehead atoms. The molecule has 0 atom stereocenters. The van der Waals surface area contributed by atoms with E-state index in [2.05, 4.69) is 21.5 Å². The molecule has 1 aromatic rings. The molecule has 13 heavy (non-hydrogen) atoms. The van der Waals surface area contributed by atoms with E-state index in [1.54, 1.807) is 0 Å². The van der Waals surface area contributed by atoms with Crippen molar-refractivity contribution in [2.24, 2.45) is 5.92 Å². The largest absolute Gasteiger partial charge is 0.388 e. The summed E-state index contributed by atoms with van der Waals surface area (Å²) in [7, 11) is 2.11. The summed E-state index contributed by atoms with van der Waals surface area (Å²) >= 11 is 1.27. The van der Waals surface area contributed by atoms with Crippen molar-refractivity contribution in [3.05, 3.63) is 5.69 Å². The fourth-order valence-corrected chi connectivity index (χ4v) is 1.82. The van der Waals surface area contributed by atoms with Crippen LogP contribution >= 0.6 is 11.5 Å². The molecular weight excluding hydrogens is 184 g/mol. The minimum Gasteiger partial charge on any atom is -0.388 e. The summed E-state index contributed by atoms with van der Waals surface area (Å²) in [6.45, 7) is 2.00. The number of rotatable bonds is 4. The second kappa shape index (κ2) is 3.59. The lowest BCUT2D eigenvalue weighted by Crippen LogP contribution is -2.21. The Morgan fingerprint density at radius 2 is 2.38 bits per heavy atom. The van der Waals surface area contributed by atoms with Gasteiger partial charge in [0, 0.05) is 24.6 Å². The summed E-state index contributed by atoms with van der Waals surface area (Å²) in [6, 6.07) is 0. The molecule has 1 saturated carbocycles. The van der Waals surface area contributed by atoms with Crippen LogP contribution in [0.3, 0.4) is 0 Å². The van der Waals surface area contributed by atoms with Gasteiger partial charge in [0.15, 0.2) is 0 Å². The minimum atomic E-state index is 0.752. The standard InChI is InChI=1S/C8H14N4S/c1-12(4-6-2-3-6)5-7-8(9)13-11-10-7/h6H,2-5,9H2,1H3. The van der Waals surface area contributed by atoms with E-state index in [1.165, 1.54) is 24.4 Å². The van der Waals surface area contributed by atoms with E-state index in [9.17, 15) is 0 Å². The van der Waals surface area contributed by atoms with Crippen LogP contribution < -0.4 is 5.73 Å². The van der Waals surface area contributed by atoms with E-state index in [0.717, 1.165) is 29.7 Å². The van der Waals surface area contributed by atoms with Crippen LogP contribution in [0.4, 0.5) is 5.00 Å². The second-order valence-electron chi connectivity index (χ2n) is 3.72. The number of nitrogens with two attached hydrogens (primary N) is 1. The lowest BCUT2D eigenvalue weighted by atomic mass is 10.3. The predicted octanol–water partition coefficient (Wildman–Crippen LogP) is 0.962. The molecule has 0 unspecified atom stereocenters. The third-order valence-electron chi connectivity index (χ3n) is 2.27. The highest BCUT2D eigenvalue weighted by Gasteiger charge is 2.23. The van der Waals surface area contributed by atoms with Crippen LogP contribution in [0.25, 0.3) is 0 Å². The maximum Gasteiger partial charge on any atom is 0.132 e. The Morgan fingerprint density at radius 1 is 1.62 bits per heavy atom. The molecule has 0 radical (unpaired) electrons. The molecule has 0 aliphatic heterocycles. The van der Waals surface area contributed by atoms with E-state index in [1.807, 2.05) is 0 Å². The smallest absolute Gasteiger partial charge is 0.132 e. The van der Waals surface area contributed by atoms with Crippen LogP contribution in [0.15, 0.2) is 0 Å². The highest BCUT2D eigenvalue weighted by atomic mass is 32.1. The number of anilines is 1. The first-order valence-electron chi connectivity index (χ1n) is 4.51. The molecule has 0 aromatic carbocycles.